The third kappa shape index (κ3) is 5.26. The van der Waals surface area contributed by atoms with Crippen LogP contribution in [-0.2, 0) is 19.1 Å². The monoisotopic (exact) mass is 228 g/mol. The Kier molecular flexibility index (Phi) is 6.08. The van der Waals surface area contributed by atoms with Crippen LogP contribution in [0.2, 0.25) is 0 Å². The first-order valence-electron chi connectivity index (χ1n) is 6.01. The molecule has 1 aliphatic rings. The molecule has 0 atom stereocenters. The summed E-state index contributed by atoms with van der Waals surface area (Å²) in [4.78, 5) is 22.4. The van der Waals surface area contributed by atoms with Gasteiger partial charge in [0.15, 0.2) is 5.78 Å². The van der Waals surface area contributed by atoms with Gasteiger partial charge in [0.1, 0.15) is 6.61 Å². The van der Waals surface area contributed by atoms with Gasteiger partial charge in [0, 0.05) is 6.42 Å². The molecule has 0 bridgehead atoms. The van der Waals surface area contributed by atoms with Crippen molar-refractivity contribution in [2.75, 3.05) is 13.2 Å². The maximum Gasteiger partial charge on any atom is 0.306 e. The van der Waals surface area contributed by atoms with Crippen LogP contribution >= 0.6 is 0 Å². The zero-order valence-corrected chi connectivity index (χ0v) is 9.87. The lowest BCUT2D eigenvalue weighted by Crippen LogP contribution is -2.17. The molecule has 0 radical (unpaired) electrons. The molecule has 0 heterocycles. The average molecular weight is 228 g/mol. The van der Waals surface area contributed by atoms with Crippen LogP contribution in [0.3, 0.4) is 0 Å². The van der Waals surface area contributed by atoms with E-state index in [4.69, 9.17) is 9.47 Å². The molecule has 1 aliphatic carbocycles. The van der Waals surface area contributed by atoms with Crippen molar-refractivity contribution in [2.45, 2.75) is 51.6 Å². The van der Waals surface area contributed by atoms with Crippen molar-refractivity contribution in [3.05, 3.63) is 0 Å². The fourth-order valence-corrected chi connectivity index (χ4v) is 1.81. The molecule has 4 nitrogen and oxygen atoms in total. The molecule has 4 heteroatoms. The van der Waals surface area contributed by atoms with Gasteiger partial charge in [-0.15, -0.1) is 0 Å². The molecule has 0 spiro atoms. The van der Waals surface area contributed by atoms with Crippen LogP contribution in [0.25, 0.3) is 0 Å². The Labute approximate surface area is 96.3 Å². The van der Waals surface area contributed by atoms with Gasteiger partial charge in [0.25, 0.3) is 0 Å². The lowest BCUT2D eigenvalue weighted by atomic mass is 10.2. The van der Waals surface area contributed by atoms with Gasteiger partial charge in [-0.1, -0.05) is 12.8 Å². The highest BCUT2D eigenvalue weighted by atomic mass is 16.5. The molecule has 1 saturated carbocycles. The van der Waals surface area contributed by atoms with E-state index in [1.807, 2.05) is 0 Å². The van der Waals surface area contributed by atoms with Gasteiger partial charge in [-0.25, -0.2) is 0 Å². The molecule has 0 aromatic rings. The summed E-state index contributed by atoms with van der Waals surface area (Å²) in [5.74, 6) is -0.323. The Morgan fingerprint density at radius 1 is 1.19 bits per heavy atom. The van der Waals surface area contributed by atoms with Gasteiger partial charge < -0.3 is 9.47 Å². The minimum Gasteiger partial charge on any atom is -0.466 e. The molecule has 1 rings (SSSR count). The summed E-state index contributed by atoms with van der Waals surface area (Å²) in [5.41, 5.74) is 0. The van der Waals surface area contributed by atoms with Gasteiger partial charge >= 0.3 is 5.97 Å². The predicted octanol–water partition coefficient (Wildman–Crippen LogP) is 1.86. The third-order valence-electron chi connectivity index (χ3n) is 2.70. The number of hydrogen-bond donors (Lipinski definition) is 0. The Balaban J connectivity index is 2.04. The van der Waals surface area contributed by atoms with Gasteiger partial charge in [-0.05, 0) is 19.8 Å². The highest BCUT2D eigenvalue weighted by Gasteiger charge is 2.16. The number of hydrogen-bond acceptors (Lipinski definition) is 4. The third-order valence-corrected chi connectivity index (χ3v) is 2.70. The number of rotatable bonds is 7. The largest absolute Gasteiger partial charge is 0.466 e. The van der Waals surface area contributed by atoms with Crippen LogP contribution < -0.4 is 0 Å². The van der Waals surface area contributed by atoms with Crippen LogP contribution in [0.15, 0.2) is 0 Å². The lowest BCUT2D eigenvalue weighted by Gasteiger charge is -2.09. The van der Waals surface area contributed by atoms with Crippen LogP contribution in [0.5, 0.6) is 0 Å². The Morgan fingerprint density at radius 3 is 2.50 bits per heavy atom. The van der Waals surface area contributed by atoms with E-state index in [9.17, 15) is 9.59 Å². The van der Waals surface area contributed by atoms with Crippen LogP contribution in [0.4, 0.5) is 0 Å². The number of esters is 1. The first-order valence-corrected chi connectivity index (χ1v) is 6.01. The van der Waals surface area contributed by atoms with Crippen LogP contribution in [-0.4, -0.2) is 31.1 Å². The Hall–Kier alpha value is -0.900. The zero-order chi connectivity index (χ0) is 11.8. The molecule has 0 aromatic heterocycles. The highest BCUT2D eigenvalue weighted by Crippen LogP contribution is 2.20. The van der Waals surface area contributed by atoms with E-state index in [2.05, 4.69) is 0 Å². The van der Waals surface area contributed by atoms with E-state index in [1.165, 1.54) is 12.8 Å². The van der Waals surface area contributed by atoms with Crippen molar-refractivity contribution in [2.24, 2.45) is 0 Å². The first-order chi connectivity index (χ1) is 7.72. The predicted molar refractivity (Wildman–Crippen MR) is 59.1 cm³/mol. The van der Waals surface area contributed by atoms with Crippen LogP contribution in [0.1, 0.15) is 45.4 Å². The SMILES string of the molecule is CCOC(=O)CCC(=O)COC1CCCC1. The fraction of sp³-hybridized carbons (Fsp3) is 0.833. The summed E-state index contributed by atoms with van der Waals surface area (Å²) in [6.45, 7) is 2.26. The molecule has 0 N–H and O–H groups in total. The topological polar surface area (TPSA) is 52.6 Å². The van der Waals surface area contributed by atoms with E-state index in [0.717, 1.165) is 12.8 Å². The van der Waals surface area contributed by atoms with E-state index in [0.29, 0.717) is 6.61 Å². The Morgan fingerprint density at radius 2 is 1.88 bits per heavy atom. The molecule has 92 valence electrons. The molecule has 0 aromatic carbocycles. The zero-order valence-electron chi connectivity index (χ0n) is 9.87. The maximum absolute atomic E-state index is 11.4. The van der Waals surface area contributed by atoms with E-state index in [1.54, 1.807) is 6.92 Å². The van der Waals surface area contributed by atoms with Gasteiger partial charge in [0.05, 0.1) is 19.1 Å². The van der Waals surface area contributed by atoms with Gasteiger partial charge in [-0.3, -0.25) is 9.59 Å². The summed E-state index contributed by atoms with van der Waals surface area (Å²) in [6, 6.07) is 0. The van der Waals surface area contributed by atoms with Crippen molar-refractivity contribution < 1.29 is 19.1 Å². The lowest BCUT2D eigenvalue weighted by molar-refractivity contribution is -0.144. The summed E-state index contributed by atoms with van der Waals surface area (Å²) in [5, 5.41) is 0. The minimum atomic E-state index is -0.309. The number of ether oxygens (including phenoxy) is 2. The van der Waals surface area contributed by atoms with Gasteiger partial charge in [0.2, 0.25) is 0 Å². The van der Waals surface area contributed by atoms with Gasteiger partial charge in [-0.2, -0.15) is 0 Å². The van der Waals surface area contributed by atoms with Crippen molar-refractivity contribution in [1.82, 2.24) is 0 Å². The maximum atomic E-state index is 11.4. The number of Topliss-reactive ketones (excluding diaryl/α,β-unsaturated/α-hetero) is 1. The fourth-order valence-electron chi connectivity index (χ4n) is 1.81. The van der Waals surface area contributed by atoms with E-state index < -0.39 is 0 Å². The second-order valence-electron chi connectivity index (χ2n) is 4.06. The van der Waals surface area contributed by atoms with E-state index in [-0.39, 0.29) is 37.3 Å². The quantitative estimate of drug-likeness (QED) is 0.624. The smallest absolute Gasteiger partial charge is 0.306 e. The van der Waals surface area contributed by atoms with Crippen LogP contribution in [0, 0.1) is 0 Å². The second-order valence-corrected chi connectivity index (χ2v) is 4.06. The summed E-state index contributed by atoms with van der Waals surface area (Å²) in [6.07, 6.45) is 5.16. The minimum absolute atomic E-state index is 0.0139. The number of ketones is 1. The molecule has 0 unspecified atom stereocenters. The van der Waals surface area contributed by atoms with Crippen molar-refractivity contribution in [1.29, 1.82) is 0 Å². The molecular weight excluding hydrogens is 208 g/mol. The van der Waals surface area contributed by atoms with Crippen molar-refractivity contribution >= 4 is 11.8 Å². The molecule has 16 heavy (non-hydrogen) atoms. The highest BCUT2D eigenvalue weighted by molar-refractivity contribution is 5.83. The van der Waals surface area contributed by atoms with Crippen molar-refractivity contribution in [3.8, 4) is 0 Å². The molecule has 0 saturated heterocycles. The molecule has 1 fully saturated rings. The average Bonchev–Trinajstić information content (AvgIpc) is 2.77. The van der Waals surface area contributed by atoms with E-state index >= 15 is 0 Å². The molecule has 0 amide bonds. The van der Waals surface area contributed by atoms with Crippen molar-refractivity contribution in [3.63, 3.8) is 0 Å². The Bertz CT molecular complexity index is 231. The standard InChI is InChI=1S/C12H20O4/c1-2-15-12(14)8-7-10(13)9-16-11-5-3-4-6-11/h11H,2-9H2,1H3. The summed E-state index contributed by atoms with van der Waals surface area (Å²) in [7, 11) is 0. The number of carbonyl (C=O) groups is 2. The number of carbonyl (C=O) groups excluding carboxylic acids is 2. The first kappa shape index (κ1) is 13.2. The summed E-state index contributed by atoms with van der Waals surface area (Å²) >= 11 is 0. The second kappa shape index (κ2) is 7.39. The summed E-state index contributed by atoms with van der Waals surface area (Å²) < 4.78 is 10.2. The molecule has 0 aliphatic heterocycles. The normalized spacial score (nSPS) is 16.3. The molecular formula is C12H20O4.